The van der Waals surface area contributed by atoms with Gasteiger partial charge in [-0.25, -0.2) is 0 Å². The monoisotopic (exact) mass is 214 g/mol. The molecule has 2 rings (SSSR count). The maximum absolute atomic E-state index is 4.40. The third kappa shape index (κ3) is 1.75. The number of benzene rings is 1. The molecule has 0 saturated heterocycles. The summed E-state index contributed by atoms with van der Waals surface area (Å²) in [5.74, 6) is 0. The van der Waals surface area contributed by atoms with Crippen LogP contribution in [0.25, 0.3) is 11.3 Å². The lowest BCUT2D eigenvalue weighted by Gasteiger charge is -2.09. The molecular formula is C14H18N2. The smallest absolute Gasteiger partial charge is 0.0684 e. The van der Waals surface area contributed by atoms with E-state index in [0.29, 0.717) is 0 Å². The van der Waals surface area contributed by atoms with Gasteiger partial charge in [-0.05, 0) is 56.5 Å². The van der Waals surface area contributed by atoms with Gasteiger partial charge in [0.25, 0.3) is 0 Å². The molecule has 2 nitrogen and oxygen atoms in total. The van der Waals surface area contributed by atoms with E-state index >= 15 is 0 Å². The fourth-order valence-corrected chi connectivity index (χ4v) is 2.10. The minimum atomic E-state index is 1.06. The summed E-state index contributed by atoms with van der Waals surface area (Å²) in [7, 11) is 2.00. The summed E-state index contributed by atoms with van der Waals surface area (Å²) in [4.78, 5) is 0. The molecule has 0 amide bonds. The Kier molecular flexibility index (Phi) is 2.58. The molecule has 1 heterocycles. The van der Waals surface area contributed by atoms with Crippen LogP contribution < -0.4 is 0 Å². The molecule has 0 N–H and O–H groups in total. The summed E-state index contributed by atoms with van der Waals surface area (Å²) in [6, 6.07) is 6.63. The SMILES string of the molecule is Cc1cc(-c2cc(C)c(C)cc2C)n(C)n1. The van der Waals surface area contributed by atoms with Crippen LogP contribution in [0.15, 0.2) is 18.2 Å². The van der Waals surface area contributed by atoms with Crippen molar-refractivity contribution >= 4 is 0 Å². The highest BCUT2D eigenvalue weighted by molar-refractivity contribution is 5.66. The fraction of sp³-hybridized carbons (Fsp3) is 0.357. The zero-order chi connectivity index (χ0) is 11.9. The highest BCUT2D eigenvalue weighted by Crippen LogP contribution is 2.26. The first-order valence-corrected chi connectivity index (χ1v) is 5.58. The van der Waals surface area contributed by atoms with E-state index in [4.69, 9.17) is 0 Å². The number of nitrogens with zero attached hydrogens (tertiary/aromatic N) is 2. The quantitative estimate of drug-likeness (QED) is 0.712. The summed E-state index contributed by atoms with van der Waals surface area (Å²) in [6.45, 7) is 8.49. The van der Waals surface area contributed by atoms with E-state index in [2.05, 4.69) is 44.1 Å². The van der Waals surface area contributed by atoms with E-state index < -0.39 is 0 Å². The maximum Gasteiger partial charge on any atom is 0.0684 e. The molecule has 0 unspecified atom stereocenters. The first-order chi connectivity index (χ1) is 7.49. The van der Waals surface area contributed by atoms with Gasteiger partial charge in [-0.2, -0.15) is 5.10 Å². The van der Waals surface area contributed by atoms with Crippen LogP contribution in [0, 0.1) is 27.7 Å². The highest BCUT2D eigenvalue weighted by atomic mass is 15.3. The molecule has 0 aliphatic rings. The Morgan fingerprint density at radius 1 is 0.875 bits per heavy atom. The van der Waals surface area contributed by atoms with Gasteiger partial charge in [0.2, 0.25) is 0 Å². The Labute approximate surface area is 96.9 Å². The van der Waals surface area contributed by atoms with Crippen LogP contribution in [0.2, 0.25) is 0 Å². The van der Waals surface area contributed by atoms with Gasteiger partial charge in [-0.1, -0.05) is 6.07 Å². The number of hydrogen-bond donors (Lipinski definition) is 0. The van der Waals surface area contributed by atoms with Crippen LogP contribution in [0.5, 0.6) is 0 Å². The molecule has 2 heteroatoms. The average molecular weight is 214 g/mol. The molecule has 1 aromatic carbocycles. The highest BCUT2D eigenvalue weighted by Gasteiger charge is 2.09. The summed E-state index contributed by atoms with van der Waals surface area (Å²) in [5.41, 5.74) is 7.53. The van der Waals surface area contributed by atoms with E-state index in [1.54, 1.807) is 0 Å². The molecule has 0 aliphatic heterocycles. The number of aromatic nitrogens is 2. The van der Waals surface area contributed by atoms with Crippen molar-refractivity contribution in [3.63, 3.8) is 0 Å². The van der Waals surface area contributed by atoms with Crippen LogP contribution in [0.4, 0.5) is 0 Å². The second-order valence-electron chi connectivity index (χ2n) is 4.55. The van der Waals surface area contributed by atoms with Gasteiger partial charge < -0.3 is 0 Å². The van der Waals surface area contributed by atoms with Gasteiger partial charge in [0, 0.05) is 12.6 Å². The molecule has 84 valence electrons. The van der Waals surface area contributed by atoms with Crippen molar-refractivity contribution < 1.29 is 0 Å². The van der Waals surface area contributed by atoms with E-state index in [1.807, 2.05) is 18.7 Å². The molecular weight excluding hydrogens is 196 g/mol. The summed E-state index contributed by atoms with van der Waals surface area (Å²) >= 11 is 0. The number of rotatable bonds is 1. The van der Waals surface area contributed by atoms with E-state index in [0.717, 1.165) is 5.69 Å². The van der Waals surface area contributed by atoms with Crippen LogP contribution in [-0.4, -0.2) is 9.78 Å². The molecule has 0 fully saturated rings. The zero-order valence-electron chi connectivity index (χ0n) is 10.6. The van der Waals surface area contributed by atoms with Crippen molar-refractivity contribution in [3.05, 3.63) is 40.6 Å². The molecule has 0 bridgehead atoms. The van der Waals surface area contributed by atoms with Crippen molar-refractivity contribution in [3.8, 4) is 11.3 Å². The normalized spacial score (nSPS) is 10.8. The lowest BCUT2D eigenvalue weighted by molar-refractivity contribution is 0.763. The number of aryl methyl sites for hydroxylation is 5. The Morgan fingerprint density at radius 3 is 2.06 bits per heavy atom. The van der Waals surface area contributed by atoms with Gasteiger partial charge in [-0.3, -0.25) is 4.68 Å². The standard InChI is InChI=1S/C14H18N2/c1-9-6-11(3)13(7-10(9)2)14-8-12(4)15-16(14)5/h6-8H,1-5H3. The average Bonchev–Trinajstić information content (AvgIpc) is 2.51. The topological polar surface area (TPSA) is 17.8 Å². The largest absolute Gasteiger partial charge is 0.268 e. The van der Waals surface area contributed by atoms with Gasteiger partial charge >= 0.3 is 0 Å². The lowest BCUT2D eigenvalue weighted by atomic mass is 9.98. The zero-order valence-corrected chi connectivity index (χ0v) is 10.6. The molecule has 0 saturated carbocycles. The Hall–Kier alpha value is -1.57. The predicted molar refractivity (Wildman–Crippen MR) is 67.6 cm³/mol. The third-order valence-corrected chi connectivity index (χ3v) is 3.12. The van der Waals surface area contributed by atoms with Gasteiger partial charge in [-0.15, -0.1) is 0 Å². The van der Waals surface area contributed by atoms with Crippen LogP contribution >= 0.6 is 0 Å². The van der Waals surface area contributed by atoms with Crippen LogP contribution in [-0.2, 0) is 7.05 Å². The van der Waals surface area contributed by atoms with Gasteiger partial charge in [0.15, 0.2) is 0 Å². The van der Waals surface area contributed by atoms with Crippen LogP contribution in [0.1, 0.15) is 22.4 Å². The van der Waals surface area contributed by atoms with Gasteiger partial charge in [0.1, 0.15) is 0 Å². The summed E-state index contributed by atoms with van der Waals surface area (Å²) in [6.07, 6.45) is 0. The fourth-order valence-electron chi connectivity index (χ4n) is 2.10. The third-order valence-electron chi connectivity index (χ3n) is 3.12. The predicted octanol–water partition coefficient (Wildman–Crippen LogP) is 3.32. The van der Waals surface area contributed by atoms with Crippen molar-refractivity contribution in [1.29, 1.82) is 0 Å². The Bertz CT molecular complexity index is 536. The van der Waals surface area contributed by atoms with E-state index in [-0.39, 0.29) is 0 Å². The second-order valence-corrected chi connectivity index (χ2v) is 4.55. The molecule has 0 atom stereocenters. The number of hydrogen-bond acceptors (Lipinski definition) is 1. The molecule has 1 aromatic heterocycles. The maximum atomic E-state index is 4.40. The first-order valence-electron chi connectivity index (χ1n) is 5.58. The first kappa shape index (κ1) is 10.9. The van der Waals surface area contributed by atoms with E-state index in [9.17, 15) is 0 Å². The van der Waals surface area contributed by atoms with Crippen molar-refractivity contribution in [1.82, 2.24) is 9.78 Å². The minimum absolute atomic E-state index is 1.06. The van der Waals surface area contributed by atoms with Crippen LogP contribution in [0.3, 0.4) is 0 Å². The Balaban J connectivity index is 2.64. The molecule has 0 spiro atoms. The van der Waals surface area contributed by atoms with E-state index in [1.165, 1.54) is 27.9 Å². The van der Waals surface area contributed by atoms with Crippen molar-refractivity contribution in [2.75, 3.05) is 0 Å². The second kappa shape index (κ2) is 3.78. The van der Waals surface area contributed by atoms with Crippen molar-refractivity contribution in [2.24, 2.45) is 7.05 Å². The van der Waals surface area contributed by atoms with Crippen molar-refractivity contribution in [2.45, 2.75) is 27.7 Å². The summed E-state index contributed by atoms with van der Waals surface area (Å²) in [5, 5.41) is 4.40. The Morgan fingerprint density at radius 2 is 1.50 bits per heavy atom. The lowest BCUT2D eigenvalue weighted by Crippen LogP contribution is -1.96. The summed E-state index contributed by atoms with van der Waals surface area (Å²) < 4.78 is 1.95. The molecule has 2 aromatic rings. The minimum Gasteiger partial charge on any atom is -0.268 e. The molecule has 16 heavy (non-hydrogen) atoms. The molecule has 0 radical (unpaired) electrons. The molecule has 0 aliphatic carbocycles. The van der Waals surface area contributed by atoms with Gasteiger partial charge in [0.05, 0.1) is 11.4 Å².